The van der Waals surface area contributed by atoms with Crippen molar-refractivity contribution >= 4 is 5.97 Å². The molecule has 0 saturated heterocycles. The summed E-state index contributed by atoms with van der Waals surface area (Å²) in [6.07, 6.45) is 1.64. The molecule has 0 amide bonds. The summed E-state index contributed by atoms with van der Waals surface area (Å²) in [5.74, 6) is -1.37. The molecule has 1 rings (SSSR count). The number of nitrogens with two attached hydrogens (primary N) is 1. The van der Waals surface area contributed by atoms with Gasteiger partial charge in [-0.2, -0.15) is 0 Å². The van der Waals surface area contributed by atoms with Gasteiger partial charge in [-0.15, -0.1) is 0 Å². The van der Waals surface area contributed by atoms with Crippen LogP contribution < -0.4 is 5.73 Å². The van der Waals surface area contributed by atoms with Crippen molar-refractivity contribution in [3.8, 4) is 0 Å². The average Bonchev–Trinajstić information content (AvgIpc) is 2.12. The van der Waals surface area contributed by atoms with Crippen LogP contribution in [0.2, 0.25) is 0 Å². The summed E-state index contributed by atoms with van der Waals surface area (Å²) in [5, 5.41) is 19.1. The molecule has 0 aliphatic carbocycles. The Morgan fingerprint density at radius 1 is 1.67 bits per heavy atom. The highest BCUT2D eigenvalue weighted by Crippen LogP contribution is 2.37. The van der Waals surface area contributed by atoms with Gasteiger partial charge < -0.3 is 20.7 Å². The van der Waals surface area contributed by atoms with Crippen LogP contribution in [-0.4, -0.2) is 33.4 Å². The minimum Gasteiger partial charge on any atom is -0.478 e. The molecule has 4 N–H and O–H groups in total. The largest absolute Gasteiger partial charge is 0.478 e. The molecule has 0 aromatic heterocycles. The number of carboxylic acid groups (broad SMARTS) is 1. The Kier molecular flexibility index (Phi) is 2.80. The van der Waals surface area contributed by atoms with Crippen LogP contribution >= 0.6 is 0 Å². The van der Waals surface area contributed by atoms with Crippen molar-refractivity contribution in [3.63, 3.8) is 0 Å². The van der Waals surface area contributed by atoms with Crippen LogP contribution in [0.25, 0.3) is 0 Å². The summed E-state index contributed by atoms with van der Waals surface area (Å²) in [4.78, 5) is 10.8. The number of ether oxygens (including phenoxy) is 1. The average molecular weight is 215 g/mol. The maximum Gasteiger partial charge on any atom is 0.370 e. The standard InChI is InChI=1S/C10H17NO4/c1-4-10(14)7(11)5-6(8(12)13)15-9(10,2)3/h5,7,14H,4,11H2,1-3H3,(H,12,13). The Hall–Kier alpha value is -1.07. The van der Waals surface area contributed by atoms with E-state index in [-0.39, 0.29) is 5.76 Å². The lowest BCUT2D eigenvalue weighted by molar-refractivity contribution is -0.174. The number of hydrogen-bond donors (Lipinski definition) is 3. The van der Waals surface area contributed by atoms with Crippen molar-refractivity contribution in [2.75, 3.05) is 0 Å². The molecule has 0 bridgehead atoms. The molecule has 0 radical (unpaired) electrons. The first-order valence-corrected chi connectivity index (χ1v) is 4.86. The van der Waals surface area contributed by atoms with Crippen LogP contribution in [0.4, 0.5) is 0 Å². The predicted octanol–water partition coefficient (Wildman–Crippen LogP) is 0.232. The SMILES string of the molecule is CCC1(O)C(N)C=C(C(=O)O)OC1(C)C. The second kappa shape index (κ2) is 3.50. The second-order valence-corrected chi connectivity index (χ2v) is 4.25. The zero-order valence-corrected chi connectivity index (χ0v) is 9.15. The lowest BCUT2D eigenvalue weighted by atomic mass is 9.76. The van der Waals surface area contributed by atoms with E-state index in [2.05, 4.69) is 0 Å². The minimum absolute atomic E-state index is 0.203. The van der Waals surface area contributed by atoms with E-state index in [1.54, 1.807) is 20.8 Å². The highest BCUT2D eigenvalue weighted by molar-refractivity contribution is 5.84. The van der Waals surface area contributed by atoms with Crippen molar-refractivity contribution in [2.24, 2.45) is 5.73 Å². The molecule has 0 aromatic rings. The van der Waals surface area contributed by atoms with Gasteiger partial charge >= 0.3 is 5.97 Å². The quantitative estimate of drug-likeness (QED) is 0.613. The van der Waals surface area contributed by atoms with E-state index in [0.29, 0.717) is 6.42 Å². The summed E-state index contributed by atoms with van der Waals surface area (Å²) in [5.41, 5.74) is 3.50. The molecule has 1 aliphatic heterocycles. The molecule has 0 saturated carbocycles. The Bertz CT molecular complexity index is 311. The molecular weight excluding hydrogens is 198 g/mol. The summed E-state index contributed by atoms with van der Waals surface area (Å²) in [7, 11) is 0. The van der Waals surface area contributed by atoms with Gasteiger partial charge in [-0.3, -0.25) is 0 Å². The Morgan fingerprint density at radius 3 is 2.53 bits per heavy atom. The lowest BCUT2D eigenvalue weighted by Crippen LogP contribution is -2.63. The molecule has 2 unspecified atom stereocenters. The second-order valence-electron chi connectivity index (χ2n) is 4.25. The van der Waals surface area contributed by atoms with Gasteiger partial charge in [0.05, 0.1) is 6.04 Å². The molecule has 0 aromatic carbocycles. The Labute approximate surface area is 88.5 Å². The molecule has 2 atom stereocenters. The van der Waals surface area contributed by atoms with E-state index in [4.69, 9.17) is 15.6 Å². The summed E-state index contributed by atoms with van der Waals surface area (Å²) in [6, 6.07) is -0.739. The normalized spacial score (nSPS) is 34.2. The van der Waals surface area contributed by atoms with E-state index < -0.39 is 23.2 Å². The van der Waals surface area contributed by atoms with E-state index in [1.165, 1.54) is 6.08 Å². The zero-order chi connectivity index (χ0) is 11.9. The Balaban J connectivity index is 3.14. The van der Waals surface area contributed by atoms with Crippen LogP contribution in [0, 0.1) is 0 Å². The molecule has 5 heteroatoms. The topological polar surface area (TPSA) is 92.8 Å². The van der Waals surface area contributed by atoms with Gasteiger partial charge in [0.1, 0.15) is 11.2 Å². The molecule has 0 spiro atoms. The highest BCUT2D eigenvalue weighted by Gasteiger charge is 2.52. The number of rotatable bonds is 2. The fourth-order valence-corrected chi connectivity index (χ4v) is 1.88. The summed E-state index contributed by atoms with van der Waals surface area (Å²) >= 11 is 0. The van der Waals surface area contributed by atoms with E-state index in [1.807, 2.05) is 0 Å². The zero-order valence-electron chi connectivity index (χ0n) is 9.15. The molecule has 5 nitrogen and oxygen atoms in total. The molecule has 0 fully saturated rings. The van der Waals surface area contributed by atoms with Gasteiger partial charge in [0.15, 0.2) is 0 Å². The smallest absolute Gasteiger partial charge is 0.370 e. The van der Waals surface area contributed by atoms with Crippen molar-refractivity contribution < 1.29 is 19.7 Å². The van der Waals surface area contributed by atoms with Crippen LogP contribution in [-0.2, 0) is 9.53 Å². The van der Waals surface area contributed by atoms with E-state index >= 15 is 0 Å². The minimum atomic E-state index is -1.24. The fourth-order valence-electron chi connectivity index (χ4n) is 1.88. The van der Waals surface area contributed by atoms with Crippen molar-refractivity contribution in [2.45, 2.75) is 44.4 Å². The molecule has 1 heterocycles. The van der Waals surface area contributed by atoms with Gasteiger partial charge in [0.25, 0.3) is 0 Å². The van der Waals surface area contributed by atoms with E-state index in [9.17, 15) is 9.90 Å². The van der Waals surface area contributed by atoms with Crippen molar-refractivity contribution in [1.29, 1.82) is 0 Å². The first-order chi connectivity index (χ1) is 6.74. The molecule has 15 heavy (non-hydrogen) atoms. The van der Waals surface area contributed by atoms with E-state index in [0.717, 1.165) is 0 Å². The third-order valence-corrected chi connectivity index (χ3v) is 3.04. The maximum absolute atomic E-state index is 10.8. The maximum atomic E-state index is 10.8. The van der Waals surface area contributed by atoms with Crippen LogP contribution in [0.1, 0.15) is 27.2 Å². The monoisotopic (exact) mass is 215 g/mol. The van der Waals surface area contributed by atoms with Crippen molar-refractivity contribution in [3.05, 3.63) is 11.8 Å². The van der Waals surface area contributed by atoms with Crippen LogP contribution in [0.5, 0.6) is 0 Å². The predicted molar refractivity (Wildman–Crippen MR) is 54.1 cm³/mol. The van der Waals surface area contributed by atoms with Gasteiger partial charge in [0, 0.05) is 0 Å². The van der Waals surface area contributed by atoms with Gasteiger partial charge in [0.2, 0.25) is 5.76 Å². The number of carboxylic acids is 1. The third kappa shape index (κ3) is 1.72. The fraction of sp³-hybridized carbons (Fsp3) is 0.700. The number of aliphatic carboxylic acids is 1. The summed E-state index contributed by atoms with van der Waals surface area (Å²) in [6.45, 7) is 5.04. The third-order valence-electron chi connectivity index (χ3n) is 3.04. The Morgan fingerprint density at radius 2 is 2.20 bits per heavy atom. The van der Waals surface area contributed by atoms with Crippen LogP contribution in [0.15, 0.2) is 11.8 Å². The molecule has 1 aliphatic rings. The lowest BCUT2D eigenvalue weighted by Gasteiger charge is -2.47. The van der Waals surface area contributed by atoms with Gasteiger partial charge in [-0.1, -0.05) is 6.92 Å². The number of hydrogen-bond acceptors (Lipinski definition) is 4. The molecular formula is C10H17NO4. The van der Waals surface area contributed by atoms with Crippen LogP contribution in [0.3, 0.4) is 0 Å². The van der Waals surface area contributed by atoms with Gasteiger partial charge in [-0.25, -0.2) is 4.79 Å². The van der Waals surface area contributed by atoms with Crippen molar-refractivity contribution in [1.82, 2.24) is 0 Å². The summed E-state index contributed by atoms with van der Waals surface area (Å²) < 4.78 is 5.24. The first kappa shape index (κ1) is 12.0. The highest BCUT2D eigenvalue weighted by atomic mass is 16.5. The number of aliphatic hydroxyl groups is 1. The number of carbonyl (C=O) groups is 1. The van der Waals surface area contributed by atoms with Gasteiger partial charge in [-0.05, 0) is 26.3 Å². The molecule has 86 valence electrons. The first-order valence-electron chi connectivity index (χ1n) is 4.86.